The standard InChI is InChI=1S/C19H27N3O5S/c1-25-15-7-13(8-16(26-2)17(15)27-3)18(23)21-10-12-6-14(20-9-12)19(24)22-4-5-28-11-22/h7-8,12,14,20H,4-6,9-11H2,1-3H3,(H,21,23)/t12-,14-/m0/s1. The highest BCUT2D eigenvalue weighted by Gasteiger charge is 2.33. The number of benzene rings is 1. The first-order valence-electron chi connectivity index (χ1n) is 9.25. The molecule has 2 saturated heterocycles. The molecule has 1 aromatic carbocycles. The van der Waals surface area contributed by atoms with Gasteiger partial charge >= 0.3 is 0 Å². The molecule has 0 bridgehead atoms. The summed E-state index contributed by atoms with van der Waals surface area (Å²) in [5.41, 5.74) is 0.433. The number of methoxy groups -OCH3 is 3. The second kappa shape index (κ2) is 9.38. The highest BCUT2D eigenvalue weighted by Crippen LogP contribution is 2.38. The van der Waals surface area contributed by atoms with Crippen molar-refractivity contribution in [1.82, 2.24) is 15.5 Å². The van der Waals surface area contributed by atoms with Crippen molar-refractivity contribution in [2.45, 2.75) is 12.5 Å². The van der Waals surface area contributed by atoms with Gasteiger partial charge in [-0.25, -0.2) is 0 Å². The Balaban J connectivity index is 1.56. The molecule has 1 aromatic rings. The lowest BCUT2D eigenvalue weighted by Crippen LogP contribution is -2.42. The lowest BCUT2D eigenvalue weighted by molar-refractivity contribution is -0.131. The van der Waals surface area contributed by atoms with Crippen LogP contribution in [-0.4, -0.2) is 75.3 Å². The van der Waals surface area contributed by atoms with Gasteiger partial charge in [-0.2, -0.15) is 0 Å². The SMILES string of the molecule is COc1cc(C(=O)NC[C@@H]2CN[C@H](C(=O)N3CCSC3)C2)cc(OC)c1OC. The summed E-state index contributed by atoms with van der Waals surface area (Å²) in [7, 11) is 4.55. The fraction of sp³-hybridized carbons (Fsp3) is 0.579. The summed E-state index contributed by atoms with van der Waals surface area (Å²) in [6.07, 6.45) is 0.732. The number of hydrogen-bond donors (Lipinski definition) is 2. The molecule has 3 rings (SSSR count). The van der Waals surface area contributed by atoms with Crippen LogP contribution in [0.5, 0.6) is 17.2 Å². The number of nitrogens with zero attached hydrogens (tertiary/aromatic N) is 1. The Morgan fingerprint density at radius 1 is 1.21 bits per heavy atom. The zero-order chi connectivity index (χ0) is 20.1. The van der Waals surface area contributed by atoms with Gasteiger partial charge in [0.2, 0.25) is 11.7 Å². The van der Waals surface area contributed by atoms with Gasteiger partial charge in [-0.3, -0.25) is 9.59 Å². The molecule has 28 heavy (non-hydrogen) atoms. The van der Waals surface area contributed by atoms with Crippen molar-refractivity contribution in [2.75, 3.05) is 52.6 Å². The summed E-state index contributed by atoms with van der Waals surface area (Å²) in [6, 6.07) is 3.10. The van der Waals surface area contributed by atoms with Gasteiger partial charge in [-0.05, 0) is 24.5 Å². The minimum absolute atomic E-state index is 0.151. The molecule has 2 atom stereocenters. The lowest BCUT2D eigenvalue weighted by Gasteiger charge is -2.19. The van der Waals surface area contributed by atoms with Crippen LogP contribution in [0.3, 0.4) is 0 Å². The number of amides is 2. The highest BCUT2D eigenvalue weighted by atomic mass is 32.2. The molecule has 2 N–H and O–H groups in total. The second-order valence-corrected chi connectivity index (χ2v) is 7.90. The maximum atomic E-state index is 12.6. The van der Waals surface area contributed by atoms with Crippen LogP contribution in [0.4, 0.5) is 0 Å². The van der Waals surface area contributed by atoms with E-state index in [-0.39, 0.29) is 23.8 Å². The van der Waals surface area contributed by atoms with Crippen molar-refractivity contribution >= 4 is 23.6 Å². The minimum Gasteiger partial charge on any atom is -0.493 e. The first kappa shape index (κ1) is 20.6. The van der Waals surface area contributed by atoms with E-state index in [1.165, 1.54) is 21.3 Å². The smallest absolute Gasteiger partial charge is 0.251 e. The van der Waals surface area contributed by atoms with Crippen LogP contribution in [0.15, 0.2) is 12.1 Å². The molecule has 0 saturated carbocycles. The van der Waals surface area contributed by atoms with E-state index in [0.29, 0.717) is 35.9 Å². The Labute approximate surface area is 169 Å². The molecular formula is C19H27N3O5S. The Bertz CT molecular complexity index is 699. The molecule has 0 unspecified atom stereocenters. The normalized spacial score (nSPS) is 21.5. The quantitative estimate of drug-likeness (QED) is 0.693. The van der Waals surface area contributed by atoms with E-state index in [4.69, 9.17) is 14.2 Å². The predicted molar refractivity (Wildman–Crippen MR) is 107 cm³/mol. The lowest BCUT2D eigenvalue weighted by atomic mass is 10.0. The highest BCUT2D eigenvalue weighted by molar-refractivity contribution is 7.99. The van der Waals surface area contributed by atoms with Gasteiger partial charge < -0.3 is 29.7 Å². The van der Waals surface area contributed by atoms with Crippen LogP contribution in [0.25, 0.3) is 0 Å². The maximum Gasteiger partial charge on any atom is 0.251 e. The summed E-state index contributed by atoms with van der Waals surface area (Å²) in [5.74, 6) is 3.27. The summed E-state index contributed by atoms with van der Waals surface area (Å²) < 4.78 is 15.9. The minimum atomic E-state index is -0.218. The Kier molecular flexibility index (Phi) is 6.90. The molecule has 2 aliphatic rings. The molecule has 8 nitrogen and oxygen atoms in total. The van der Waals surface area contributed by atoms with E-state index >= 15 is 0 Å². The van der Waals surface area contributed by atoms with E-state index in [1.807, 2.05) is 4.90 Å². The van der Waals surface area contributed by atoms with Crippen LogP contribution in [0, 0.1) is 5.92 Å². The summed E-state index contributed by atoms with van der Waals surface area (Å²) in [4.78, 5) is 27.0. The number of rotatable bonds is 7. The molecule has 9 heteroatoms. The third-order valence-corrected chi connectivity index (χ3v) is 6.03. The van der Waals surface area contributed by atoms with Gasteiger partial charge in [0.15, 0.2) is 11.5 Å². The predicted octanol–water partition coefficient (Wildman–Crippen LogP) is 0.953. The Hall–Kier alpha value is -2.13. The molecule has 154 valence electrons. The van der Waals surface area contributed by atoms with Gasteiger partial charge in [0, 0.05) is 31.0 Å². The third kappa shape index (κ3) is 4.47. The number of nitrogens with one attached hydrogen (secondary N) is 2. The van der Waals surface area contributed by atoms with Crippen LogP contribution < -0.4 is 24.8 Å². The number of hydrogen-bond acceptors (Lipinski definition) is 7. The Morgan fingerprint density at radius 2 is 1.93 bits per heavy atom. The first-order chi connectivity index (χ1) is 13.6. The van der Waals surface area contributed by atoms with E-state index in [2.05, 4.69) is 10.6 Å². The summed E-state index contributed by atoms with van der Waals surface area (Å²) in [5, 5.41) is 6.24. The molecule has 2 fully saturated rings. The van der Waals surface area contributed by atoms with Gasteiger partial charge in [-0.1, -0.05) is 0 Å². The molecule has 2 amide bonds. The number of carbonyl (C=O) groups excluding carboxylic acids is 2. The van der Waals surface area contributed by atoms with E-state index in [1.54, 1.807) is 23.9 Å². The average molecular weight is 410 g/mol. The van der Waals surface area contributed by atoms with Crippen molar-refractivity contribution in [1.29, 1.82) is 0 Å². The van der Waals surface area contributed by atoms with E-state index in [9.17, 15) is 9.59 Å². The third-order valence-electron chi connectivity index (χ3n) is 5.06. The summed E-state index contributed by atoms with van der Waals surface area (Å²) >= 11 is 1.78. The molecular weight excluding hydrogens is 382 g/mol. The van der Waals surface area contributed by atoms with Crippen LogP contribution in [-0.2, 0) is 4.79 Å². The molecule has 2 heterocycles. The van der Waals surface area contributed by atoms with Crippen molar-refractivity contribution in [3.63, 3.8) is 0 Å². The average Bonchev–Trinajstić information content (AvgIpc) is 3.42. The fourth-order valence-electron chi connectivity index (χ4n) is 3.51. The monoisotopic (exact) mass is 409 g/mol. The van der Waals surface area contributed by atoms with Crippen LogP contribution in [0.1, 0.15) is 16.8 Å². The van der Waals surface area contributed by atoms with Crippen LogP contribution >= 0.6 is 11.8 Å². The fourth-order valence-corrected chi connectivity index (χ4v) is 4.47. The molecule has 0 radical (unpaired) electrons. The largest absolute Gasteiger partial charge is 0.493 e. The molecule has 0 spiro atoms. The van der Waals surface area contributed by atoms with Gasteiger partial charge in [0.25, 0.3) is 5.91 Å². The van der Waals surface area contributed by atoms with E-state index < -0.39 is 0 Å². The number of thioether (sulfide) groups is 1. The Morgan fingerprint density at radius 3 is 2.50 bits per heavy atom. The summed E-state index contributed by atoms with van der Waals surface area (Å²) in [6.45, 7) is 2.04. The van der Waals surface area contributed by atoms with E-state index in [0.717, 1.165) is 24.6 Å². The van der Waals surface area contributed by atoms with Crippen molar-refractivity contribution in [2.24, 2.45) is 5.92 Å². The van der Waals surface area contributed by atoms with Crippen molar-refractivity contribution in [3.05, 3.63) is 17.7 Å². The van der Waals surface area contributed by atoms with Gasteiger partial charge in [0.1, 0.15) is 0 Å². The zero-order valence-corrected chi connectivity index (χ0v) is 17.3. The molecule has 0 aromatic heterocycles. The first-order valence-corrected chi connectivity index (χ1v) is 10.4. The number of carbonyl (C=O) groups is 2. The topological polar surface area (TPSA) is 89.1 Å². The van der Waals surface area contributed by atoms with Crippen molar-refractivity contribution < 1.29 is 23.8 Å². The second-order valence-electron chi connectivity index (χ2n) is 6.83. The van der Waals surface area contributed by atoms with Crippen LogP contribution in [0.2, 0.25) is 0 Å². The van der Waals surface area contributed by atoms with Gasteiger partial charge in [-0.15, -0.1) is 11.8 Å². The maximum absolute atomic E-state index is 12.6. The zero-order valence-electron chi connectivity index (χ0n) is 16.4. The number of ether oxygens (including phenoxy) is 3. The molecule has 0 aliphatic carbocycles. The van der Waals surface area contributed by atoms with Gasteiger partial charge in [0.05, 0.1) is 33.2 Å². The van der Waals surface area contributed by atoms with Crippen molar-refractivity contribution in [3.8, 4) is 17.2 Å². The molecule has 2 aliphatic heterocycles.